The van der Waals surface area contributed by atoms with Crippen molar-refractivity contribution in [2.24, 2.45) is 5.73 Å². The van der Waals surface area contributed by atoms with Gasteiger partial charge in [0.15, 0.2) is 0 Å². The predicted molar refractivity (Wildman–Crippen MR) is 74.1 cm³/mol. The molecule has 16 heavy (non-hydrogen) atoms. The van der Waals surface area contributed by atoms with Crippen molar-refractivity contribution in [1.29, 1.82) is 0 Å². The molecule has 0 unspecified atom stereocenters. The summed E-state index contributed by atoms with van der Waals surface area (Å²) in [7, 11) is 1.74. The van der Waals surface area contributed by atoms with E-state index in [2.05, 4.69) is 34.1 Å². The molecule has 0 aliphatic heterocycles. The van der Waals surface area contributed by atoms with Crippen LogP contribution >= 0.6 is 27.7 Å². The lowest BCUT2D eigenvalue weighted by Gasteiger charge is -2.06. The van der Waals surface area contributed by atoms with E-state index < -0.39 is 0 Å². The summed E-state index contributed by atoms with van der Waals surface area (Å²) in [6, 6.07) is 6.47. The molecule has 0 saturated heterocycles. The van der Waals surface area contributed by atoms with Crippen LogP contribution in [0.15, 0.2) is 27.6 Å². The first-order valence-corrected chi connectivity index (χ1v) is 7.16. The monoisotopic (exact) mass is 303 g/mol. The van der Waals surface area contributed by atoms with Crippen molar-refractivity contribution in [3.05, 3.63) is 28.2 Å². The minimum absolute atomic E-state index is 0.701. The standard InChI is InChI=1S/C12H18BrNOS/c1-15-7-2-8-16-12-4-3-10(5-6-14)9-11(12)13/h3-4,9H,2,5-8,14H2,1H3. The van der Waals surface area contributed by atoms with Crippen LogP contribution in [0, 0.1) is 0 Å². The Morgan fingerprint density at radius 3 is 2.88 bits per heavy atom. The van der Waals surface area contributed by atoms with Crippen molar-refractivity contribution in [2.75, 3.05) is 26.0 Å². The van der Waals surface area contributed by atoms with E-state index in [4.69, 9.17) is 10.5 Å². The van der Waals surface area contributed by atoms with Gasteiger partial charge in [-0.2, -0.15) is 0 Å². The van der Waals surface area contributed by atoms with Crippen molar-refractivity contribution < 1.29 is 4.74 Å². The number of benzene rings is 1. The van der Waals surface area contributed by atoms with Gasteiger partial charge in [-0.1, -0.05) is 6.07 Å². The van der Waals surface area contributed by atoms with Crippen LogP contribution in [0.25, 0.3) is 0 Å². The third-order valence-electron chi connectivity index (χ3n) is 2.18. The molecule has 0 aromatic heterocycles. The number of thioether (sulfide) groups is 1. The highest BCUT2D eigenvalue weighted by Crippen LogP contribution is 2.28. The topological polar surface area (TPSA) is 35.2 Å². The Kier molecular flexibility index (Phi) is 7.12. The van der Waals surface area contributed by atoms with Crippen LogP contribution in [0.5, 0.6) is 0 Å². The number of rotatable bonds is 7. The summed E-state index contributed by atoms with van der Waals surface area (Å²) < 4.78 is 6.19. The lowest BCUT2D eigenvalue weighted by molar-refractivity contribution is 0.200. The molecule has 1 aromatic rings. The zero-order valence-corrected chi connectivity index (χ0v) is 11.9. The second kappa shape index (κ2) is 8.12. The lowest BCUT2D eigenvalue weighted by Crippen LogP contribution is -2.02. The normalized spacial score (nSPS) is 10.7. The lowest BCUT2D eigenvalue weighted by atomic mass is 10.2. The number of hydrogen-bond donors (Lipinski definition) is 1. The third-order valence-corrected chi connectivity index (χ3v) is 4.26. The highest BCUT2D eigenvalue weighted by molar-refractivity contribution is 9.10. The Hall–Kier alpha value is -0.0300. The van der Waals surface area contributed by atoms with Crippen molar-refractivity contribution in [3.8, 4) is 0 Å². The largest absolute Gasteiger partial charge is 0.385 e. The van der Waals surface area contributed by atoms with Crippen LogP contribution in [0.4, 0.5) is 0 Å². The number of methoxy groups -OCH3 is 1. The van der Waals surface area contributed by atoms with E-state index in [-0.39, 0.29) is 0 Å². The summed E-state index contributed by atoms with van der Waals surface area (Å²) >= 11 is 5.45. The van der Waals surface area contributed by atoms with E-state index >= 15 is 0 Å². The van der Waals surface area contributed by atoms with Gasteiger partial charge in [-0.3, -0.25) is 0 Å². The summed E-state index contributed by atoms with van der Waals surface area (Å²) in [6.45, 7) is 1.53. The quantitative estimate of drug-likeness (QED) is 0.621. The fourth-order valence-corrected chi connectivity index (χ4v) is 2.98. The van der Waals surface area contributed by atoms with Gasteiger partial charge in [0.25, 0.3) is 0 Å². The number of hydrogen-bond acceptors (Lipinski definition) is 3. The maximum Gasteiger partial charge on any atom is 0.0470 e. The molecule has 0 aliphatic rings. The maximum absolute atomic E-state index is 5.53. The van der Waals surface area contributed by atoms with Gasteiger partial charge >= 0.3 is 0 Å². The average Bonchev–Trinajstić information content (AvgIpc) is 2.27. The van der Waals surface area contributed by atoms with Crippen LogP contribution in [-0.4, -0.2) is 26.0 Å². The second-order valence-electron chi connectivity index (χ2n) is 3.50. The van der Waals surface area contributed by atoms with Crippen molar-refractivity contribution in [1.82, 2.24) is 0 Å². The van der Waals surface area contributed by atoms with Gasteiger partial charge < -0.3 is 10.5 Å². The molecule has 0 fully saturated rings. The predicted octanol–water partition coefficient (Wildman–Crippen LogP) is 3.08. The van der Waals surface area contributed by atoms with Crippen molar-refractivity contribution >= 4 is 27.7 Å². The van der Waals surface area contributed by atoms with Gasteiger partial charge in [0.05, 0.1) is 0 Å². The van der Waals surface area contributed by atoms with Crippen molar-refractivity contribution in [2.45, 2.75) is 17.7 Å². The van der Waals surface area contributed by atoms with Gasteiger partial charge in [0.2, 0.25) is 0 Å². The van der Waals surface area contributed by atoms with Crippen LogP contribution in [0.1, 0.15) is 12.0 Å². The molecule has 0 aliphatic carbocycles. The summed E-state index contributed by atoms with van der Waals surface area (Å²) in [4.78, 5) is 1.29. The molecule has 0 saturated carbocycles. The zero-order valence-electron chi connectivity index (χ0n) is 9.54. The maximum atomic E-state index is 5.53. The molecule has 2 nitrogen and oxygen atoms in total. The van der Waals surface area contributed by atoms with E-state index in [0.717, 1.165) is 25.2 Å². The van der Waals surface area contributed by atoms with Crippen LogP contribution in [0.3, 0.4) is 0 Å². The van der Waals surface area contributed by atoms with E-state index in [9.17, 15) is 0 Å². The molecule has 90 valence electrons. The van der Waals surface area contributed by atoms with Gasteiger partial charge in [0.1, 0.15) is 0 Å². The van der Waals surface area contributed by atoms with Crippen LogP contribution < -0.4 is 5.73 Å². The Balaban J connectivity index is 2.47. The first kappa shape index (κ1) is 14.0. The van der Waals surface area contributed by atoms with Gasteiger partial charge in [-0.15, -0.1) is 11.8 Å². The molecule has 0 bridgehead atoms. The minimum atomic E-state index is 0.701. The summed E-state index contributed by atoms with van der Waals surface area (Å²) in [6.07, 6.45) is 2.02. The summed E-state index contributed by atoms with van der Waals surface area (Å²) in [5.41, 5.74) is 6.82. The highest BCUT2D eigenvalue weighted by Gasteiger charge is 2.02. The third kappa shape index (κ3) is 4.87. The Labute approximate surface area is 110 Å². The summed E-state index contributed by atoms with van der Waals surface area (Å²) in [5, 5.41) is 0. The molecule has 1 rings (SSSR count). The molecular weight excluding hydrogens is 286 g/mol. The molecule has 0 spiro atoms. The van der Waals surface area contributed by atoms with Crippen molar-refractivity contribution in [3.63, 3.8) is 0 Å². The molecule has 0 atom stereocenters. The number of halogens is 1. The van der Waals surface area contributed by atoms with Gasteiger partial charge in [-0.05, 0) is 53.0 Å². The molecule has 0 radical (unpaired) electrons. The van der Waals surface area contributed by atoms with Gasteiger partial charge in [0, 0.05) is 28.8 Å². The Morgan fingerprint density at radius 1 is 1.44 bits per heavy atom. The van der Waals surface area contributed by atoms with Crippen LogP contribution in [0.2, 0.25) is 0 Å². The number of nitrogens with two attached hydrogens (primary N) is 1. The smallest absolute Gasteiger partial charge is 0.0470 e. The van der Waals surface area contributed by atoms with E-state index in [0.29, 0.717) is 6.54 Å². The first-order valence-electron chi connectivity index (χ1n) is 5.38. The zero-order chi connectivity index (χ0) is 11.8. The molecule has 1 aromatic carbocycles. The first-order chi connectivity index (χ1) is 7.77. The fraction of sp³-hybridized carbons (Fsp3) is 0.500. The van der Waals surface area contributed by atoms with E-state index in [1.54, 1.807) is 7.11 Å². The molecular formula is C12H18BrNOS. The molecule has 0 amide bonds. The van der Waals surface area contributed by atoms with E-state index in [1.165, 1.54) is 14.9 Å². The minimum Gasteiger partial charge on any atom is -0.385 e. The summed E-state index contributed by atoms with van der Waals surface area (Å²) in [5.74, 6) is 1.09. The average molecular weight is 304 g/mol. The molecule has 0 heterocycles. The Bertz CT molecular complexity index is 320. The molecule has 4 heteroatoms. The fourth-order valence-electron chi connectivity index (χ4n) is 1.37. The highest BCUT2D eigenvalue weighted by atomic mass is 79.9. The van der Waals surface area contributed by atoms with E-state index in [1.807, 2.05) is 11.8 Å². The Morgan fingerprint density at radius 2 is 2.25 bits per heavy atom. The van der Waals surface area contributed by atoms with Gasteiger partial charge in [-0.25, -0.2) is 0 Å². The SMILES string of the molecule is COCCCSc1ccc(CCN)cc1Br. The molecule has 2 N–H and O–H groups in total. The van der Waals surface area contributed by atoms with Crippen LogP contribution in [-0.2, 0) is 11.2 Å². The number of ether oxygens (including phenoxy) is 1. The second-order valence-corrected chi connectivity index (χ2v) is 5.49.